The molecule has 0 aliphatic carbocycles. The summed E-state index contributed by atoms with van der Waals surface area (Å²) < 4.78 is 5.00. The summed E-state index contributed by atoms with van der Waals surface area (Å²) in [6, 6.07) is 11.6. The van der Waals surface area contributed by atoms with Crippen LogP contribution in [0.15, 0.2) is 36.4 Å². The summed E-state index contributed by atoms with van der Waals surface area (Å²) in [5.74, 6) is -0.994. The molecule has 1 atom stereocenters. The zero-order valence-electron chi connectivity index (χ0n) is 11.9. The van der Waals surface area contributed by atoms with Crippen LogP contribution in [0.3, 0.4) is 0 Å². The molecule has 5 heteroatoms. The molecule has 0 bridgehead atoms. The molecule has 3 rings (SSSR count). The van der Waals surface area contributed by atoms with Gasteiger partial charge in [-0.05, 0) is 25.3 Å². The van der Waals surface area contributed by atoms with Gasteiger partial charge in [-0.25, -0.2) is 4.79 Å². The van der Waals surface area contributed by atoms with Gasteiger partial charge in [-0.3, -0.25) is 4.79 Å². The van der Waals surface area contributed by atoms with Crippen LogP contribution in [-0.2, 0) is 14.3 Å². The van der Waals surface area contributed by atoms with Gasteiger partial charge < -0.3 is 15.4 Å². The summed E-state index contributed by atoms with van der Waals surface area (Å²) in [4.78, 5) is 24.4. The van der Waals surface area contributed by atoms with Gasteiger partial charge in [-0.2, -0.15) is 0 Å². The highest BCUT2D eigenvalue weighted by molar-refractivity contribution is 6.21. The highest BCUT2D eigenvalue weighted by Gasteiger charge is 2.46. The summed E-state index contributed by atoms with van der Waals surface area (Å²) in [6.07, 6.45) is 0. The second kappa shape index (κ2) is 4.77. The van der Waals surface area contributed by atoms with Crippen LogP contribution in [0, 0.1) is 0 Å². The summed E-state index contributed by atoms with van der Waals surface area (Å²) in [5.41, 5.74) is -0.00501. The van der Waals surface area contributed by atoms with Crippen molar-refractivity contribution in [1.82, 2.24) is 0 Å². The zero-order valence-corrected chi connectivity index (χ0v) is 11.9. The molecule has 0 unspecified atom stereocenters. The molecule has 0 aromatic heterocycles. The molecule has 2 aromatic rings. The van der Waals surface area contributed by atoms with Crippen molar-refractivity contribution >= 4 is 34.0 Å². The normalized spacial score (nSPS) is 20.4. The van der Waals surface area contributed by atoms with E-state index in [-0.39, 0.29) is 6.61 Å². The number of rotatable bonds is 2. The maximum atomic E-state index is 12.4. The van der Waals surface area contributed by atoms with Gasteiger partial charge in [-0.15, -0.1) is 0 Å². The third kappa shape index (κ3) is 2.01. The van der Waals surface area contributed by atoms with E-state index < -0.39 is 17.4 Å². The maximum Gasteiger partial charge on any atom is 0.341 e. The minimum Gasteiger partial charge on any atom is -0.464 e. The molecule has 0 saturated carbocycles. The first kappa shape index (κ1) is 13.4. The van der Waals surface area contributed by atoms with E-state index in [9.17, 15) is 9.59 Å². The van der Waals surface area contributed by atoms with Crippen molar-refractivity contribution in [3.8, 4) is 0 Å². The summed E-state index contributed by atoms with van der Waals surface area (Å²) >= 11 is 0. The first-order valence-corrected chi connectivity index (χ1v) is 6.85. The van der Waals surface area contributed by atoms with E-state index in [0.717, 1.165) is 10.8 Å². The van der Waals surface area contributed by atoms with Gasteiger partial charge in [-0.1, -0.05) is 30.3 Å². The van der Waals surface area contributed by atoms with E-state index in [1.54, 1.807) is 6.92 Å². The third-order valence-corrected chi connectivity index (χ3v) is 3.69. The van der Waals surface area contributed by atoms with Crippen molar-refractivity contribution in [2.45, 2.75) is 19.4 Å². The van der Waals surface area contributed by atoms with Crippen LogP contribution in [-0.4, -0.2) is 24.0 Å². The van der Waals surface area contributed by atoms with Crippen LogP contribution in [0.25, 0.3) is 10.8 Å². The Bertz CT molecular complexity index is 741. The Morgan fingerprint density at radius 2 is 2.00 bits per heavy atom. The van der Waals surface area contributed by atoms with Crippen molar-refractivity contribution in [2.75, 3.05) is 17.2 Å². The van der Waals surface area contributed by atoms with Gasteiger partial charge in [0, 0.05) is 5.39 Å². The molecule has 0 saturated heterocycles. The lowest BCUT2D eigenvalue weighted by atomic mass is 9.95. The SMILES string of the molecule is CCOC(=O)[C@@]1(C)Nc2ccc3ccccc3c2NC1=O. The van der Waals surface area contributed by atoms with E-state index in [4.69, 9.17) is 4.74 Å². The minimum absolute atomic E-state index is 0.230. The quantitative estimate of drug-likeness (QED) is 0.657. The van der Waals surface area contributed by atoms with E-state index in [0.29, 0.717) is 11.4 Å². The fourth-order valence-electron chi connectivity index (χ4n) is 2.49. The number of benzene rings is 2. The number of esters is 1. The maximum absolute atomic E-state index is 12.4. The van der Waals surface area contributed by atoms with Crippen molar-refractivity contribution < 1.29 is 14.3 Å². The predicted molar refractivity (Wildman–Crippen MR) is 81.2 cm³/mol. The second-order valence-corrected chi connectivity index (χ2v) is 5.13. The molecule has 2 N–H and O–H groups in total. The molecular weight excluding hydrogens is 268 g/mol. The molecule has 0 fully saturated rings. The lowest BCUT2D eigenvalue weighted by Gasteiger charge is -2.34. The monoisotopic (exact) mass is 284 g/mol. The van der Waals surface area contributed by atoms with Crippen molar-refractivity contribution in [3.05, 3.63) is 36.4 Å². The fraction of sp³-hybridized carbons (Fsp3) is 0.250. The number of hydrogen-bond donors (Lipinski definition) is 2. The summed E-state index contributed by atoms with van der Waals surface area (Å²) in [7, 11) is 0. The minimum atomic E-state index is -1.41. The lowest BCUT2D eigenvalue weighted by Crippen LogP contribution is -2.56. The largest absolute Gasteiger partial charge is 0.464 e. The Morgan fingerprint density at radius 3 is 2.76 bits per heavy atom. The lowest BCUT2D eigenvalue weighted by molar-refractivity contribution is -0.151. The van der Waals surface area contributed by atoms with Gasteiger partial charge in [0.05, 0.1) is 18.0 Å². The molecule has 0 radical (unpaired) electrons. The molecular formula is C16H16N2O3. The molecule has 108 valence electrons. The molecule has 1 aliphatic heterocycles. The second-order valence-electron chi connectivity index (χ2n) is 5.13. The molecule has 2 aromatic carbocycles. The molecule has 1 heterocycles. The van der Waals surface area contributed by atoms with Crippen molar-refractivity contribution in [3.63, 3.8) is 0 Å². The molecule has 21 heavy (non-hydrogen) atoms. The average Bonchev–Trinajstić information content (AvgIpc) is 2.49. The van der Waals surface area contributed by atoms with Crippen molar-refractivity contribution in [1.29, 1.82) is 0 Å². The number of amides is 1. The fourth-order valence-corrected chi connectivity index (χ4v) is 2.49. The van der Waals surface area contributed by atoms with E-state index in [2.05, 4.69) is 10.6 Å². The van der Waals surface area contributed by atoms with Crippen molar-refractivity contribution in [2.24, 2.45) is 0 Å². The van der Waals surface area contributed by atoms with Crippen LogP contribution in [0.4, 0.5) is 11.4 Å². The Labute approximate surface area is 122 Å². The Hall–Kier alpha value is -2.56. The number of fused-ring (bicyclic) bond motifs is 3. The van der Waals surface area contributed by atoms with E-state index in [1.807, 2.05) is 36.4 Å². The summed E-state index contributed by atoms with van der Waals surface area (Å²) in [5, 5.41) is 7.80. The van der Waals surface area contributed by atoms with E-state index >= 15 is 0 Å². The highest BCUT2D eigenvalue weighted by Crippen LogP contribution is 2.37. The Morgan fingerprint density at radius 1 is 1.24 bits per heavy atom. The Kier molecular flexibility index (Phi) is 3.05. The van der Waals surface area contributed by atoms with E-state index in [1.165, 1.54) is 6.92 Å². The highest BCUT2D eigenvalue weighted by atomic mass is 16.5. The first-order valence-electron chi connectivity index (χ1n) is 6.85. The molecule has 5 nitrogen and oxygen atoms in total. The first-order chi connectivity index (χ1) is 10.1. The van der Waals surface area contributed by atoms with Gasteiger partial charge in [0.25, 0.3) is 5.91 Å². The number of carbonyl (C=O) groups excluding carboxylic acids is 2. The van der Waals surface area contributed by atoms with Crippen LogP contribution in [0.2, 0.25) is 0 Å². The van der Waals surface area contributed by atoms with Crippen LogP contribution >= 0.6 is 0 Å². The molecule has 1 aliphatic rings. The van der Waals surface area contributed by atoms with Crippen LogP contribution in [0.1, 0.15) is 13.8 Å². The number of anilines is 2. The average molecular weight is 284 g/mol. The Balaban J connectivity index is 2.09. The van der Waals surface area contributed by atoms with Gasteiger partial charge in [0.1, 0.15) is 0 Å². The summed E-state index contributed by atoms with van der Waals surface area (Å²) in [6.45, 7) is 3.47. The number of hydrogen-bond acceptors (Lipinski definition) is 4. The van der Waals surface area contributed by atoms with Crippen LogP contribution < -0.4 is 10.6 Å². The topological polar surface area (TPSA) is 67.4 Å². The van der Waals surface area contributed by atoms with Crippen LogP contribution in [0.5, 0.6) is 0 Å². The van der Waals surface area contributed by atoms with Gasteiger partial charge in [0.15, 0.2) is 0 Å². The molecule has 1 amide bonds. The predicted octanol–water partition coefficient (Wildman–Crippen LogP) is 2.53. The number of ether oxygens (including phenoxy) is 1. The number of carbonyl (C=O) groups is 2. The third-order valence-electron chi connectivity index (χ3n) is 3.69. The van der Waals surface area contributed by atoms with Gasteiger partial charge >= 0.3 is 5.97 Å². The smallest absolute Gasteiger partial charge is 0.341 e. The molecule has 0 spiro atoms. The zero-order chi connectivity index (χ0) is 15.0. The van der Waals surface area contributed by atoms with Gasteiger partial charge in [0.2, 0.25) is 5.54 Å². The number of nitrogens with one attached hydrogen (secondary N) is 2. The standard InChI is InChI=1S/C16H16N2O3/c1-3-21-15(20)16(2)14(19)17-13-11-7-5-4-6-10(11)8-9-12(13)18-16/h4-9,18H,3H2,1-2H3,(H,17,19)/t16-/m0/s1.